The molecule has 0 radical (unpaired) electrons. The first kappa shape index (κ1) is 30.7. The number of benzene rings is 2. The van der Waals surface area contributed by atoms with Crippen LogP contribution in [0.15, 0.2) is 39.5 Å². The normalized spacial score (nSPS) is 32.9. The van der Waals surface area contributed by atoms with Crippen molar-refractivity contribution in [2.24, 2.45) is 0 Å². The summed E-state index contributed by atoms with van der Waals surface area (Å²) in [5.41, 5.74) is -1.55. The van der Waals surface area contributed by atoms with E-state index < -0.39 is 108 Å². The van der Waals surface area contributed by atoms with Gasteiger partial charge >= 0.3 is 0 Å². The molecule has 2 aliphatic rings. The minimum absolute atomic E-state index is 0.0875. The maximum atomic E-state index is 13.7. The van der Waals surface area contributed by atoms with Crippen LogP contribution in [0.2, 0.25) is 0 Å². The van der Waals surface area contributed by atoms with Crippen LogP contribution in [0.5, 0.6) is 28.7 Å². The van der Waals surface area contributed by atoms with E-state index in [9.17, 15) is 61.0 Å². The molecule has 10 atom stereocenters. The van der Waals surface area contributed by atoms with Crippen molar-refractivity contribution in [1.29, 1.82) is 0 Å². The van der Waals surface area contributed by atoms with Crippen molar-refractivity contribution in [1.82, 2.24) is 0 Å². The molecule has 1 aromatic heterocycles. The molecule has 0 bridgehead atoms. The van der Waals surface area contributed by atoms with Gasteiger partial charge in [-0.3, -0.25) is 4.79 Å². The van der Waals surface area contributed by atoms with E-state index in [-0.39, 0.29) is 16.9 Å². The van der Waals surface area contributed by atoms with Gasteiger partial charge in [0.1, 0.15) is 65.2 Å². The first-order valence-corrected chi connectivity index (χ1v) is 12.7. The molecule has 3 aromatic rings. The number of aliphatic hydroxyl groups excluding tert-OH is 8. The van der Waals surface area contributed by atoms with Gasteiger partial charge in [-0.25, -0.2) is 0 Å². The van der Waals surface area contributed by atoms with Crippen LogP contribution in [0.25, 0.3) is 22.3 Å². The summed E-state index contributed by atoms with van der Waals surface area (Å²) in [5, 5.41) is 110. The van der Waals surface area contributed by atoms with E-state index in [1.54, 1.807) is 0 Å². The van der Waals surface area contributed by atoms with Crippen LogP contribution in [0.3, 0.4) is 0 Å². The highest BCUT2D eigenvalue weighted by Crippen LogP contribution is 2.40. The molecule has 2 aliphatic heterocycles. The summed E-state index contributed by atoms with van der Waals surface area (Å²) in [5.74, 6) is -3.45. The van der Waals surface area contributed by atoms with E-state index in [0.717, 1.165) is 24.3 Å². The highest BCUT2D eigenvalue weighted by molar-refractivity contribution is 5.88. The molecule has 0 saturated carbocycles. The number of hydrogen-bond donors (Lipinski definition) is 11. The Morgan fingerprint density at radius 2 is 1.35 bits per heavy atom. The second kappa shape index (κ2) is 11.7. The summed E-state index contributed by atoms with van der Waals surface area (Å²) in [6, 6.07) is 5.20. The Labute approximate surface area is 239 Å². The van der Waals surface area contributed by atoms with Crippen molar-refractivity contribution in [2.75, 3.05) is 6.61 Å². The van der Waals surface area contributed by atoms with Gasteiger partial charge in [-0.1, -0.05) is 0 Å². The smallest absolute Gasteiger partial charge is 0.239 e. The van der Waals surface area contributed by atoms with Crippen LogP contribution in [0.1, 0.15) is 0 Å². The Bertz CT molecular complexity index is 1540. The molecule has 11 N–H and O–H groups in total. The molecule has 2 saturated heterocycles. The maximum absolute atomic E-state index is 13.7. The zero-order valence-electron chi connectivity index (χ0n) is 21.7. The number of aromatic hydroxyl groups is 3. The summed E-state index contributed by atoms with van der Waals surface area (Å²) in [7, 11) is 0. The minimum Gasteiger partial charge on any atom is -0.507 e. The highest BCUT2D eigenvalue weighted by atomic mass is 16.7. The van der Waals surface area contributed by atoms with Gasteiger partial charge in [-0.15, -0.1) is 0 Å². The summed E-state index contributed by atoms with van der Waals surface area (Å²) in [6.45, 7) is -0.735. The summed E-state index contributed by atoms with van der Waals surface area (Å²) in [4.78, 5) is 13.7. The average Bonchev–Trinajstić information content (AvgIpc) is 2.97. The van der Waals surface area contributed by atoms with Crippen LogP contribution < -0.4 is 14.9 Å². The number of ether oxygens (including phenoxy) is 4. The standard InChI is InChI=1S/C26H28O17/c27-6-13-15(31)17(33)20(36)25(41-13)39-8-4-11(30)14-12(5-8)40-22(7-1-2-9(28)10(29)3-7)23(16(14)32)42-26-21(37)18(34)19(35)24(38)43-26/h1-5,13,15,17-21,24-31,33-38H,6H2/t13-,15+,17-,18-,19-,20-,21-,24-,25+,26-/m1/s1. The molecule has 0 amide bonds. The lowest BCUT2D eigenvalue weighted by atomic mass is 9.99. The summed E-state index contributed by atoms with van der Waals surface area (Å²) >= 11 is 0. The fraction of sp³-hybridized carbons (Fsp3) is 0.423. The third kappa shape index (κ3) is 5.54. The van der Waals surface area contributed by atoms with Crippen molar-refractivity contribution >= 4 is 11.0 Å². The molecule has 43 heavy (non-hydrogen) atoms. The second-order valence-electron chi connectivity index (χ2n) is 9.91. The van der Waals surface area contributed by atoms with Gasteiger partial charge in [-0.05, 0) is 18.2 Å². The van der Waals surface area contributed by atoms with Gasteiger partial charge in [0.2, 0.25) is 23.8 Å². The number of phenolic OH excluding ortho intramolecular Hbond substituents is 3. The maximum Gasteiger partial charge on any atom is 0.239 e. The van der Waals surface area contributed by atoms with E-state index in [2.05, 4.69) is 0 Å². The number of hydrogen-bond acceptors (Lipinski definition) is 17. The zero-order chi connectivity index (χ0) is 31.3. The first-order chi connectivity index (χ1) is 20.3. The summed E-state index contributed by atoms with van der Waals surface area (Å²) in [6.07, 6.45) is -18.1. The fourth-order valence-electron chi connectivity index (χ4n) is 4.63. The van der Waals surface area contributed by atoms with E-state index in [1.807, 2.05) is 0 Å². The molecule has 17 nitrogen and oxygen atoms in total. The molecule has 2 fully saturated rings. The van der Waals surface area contributed by atoms with Crippen molar-refractivity contribution in [3.05, 3.63) is 40.6 Å². The predicted octanol–water partition coefficient (Wildman–Crippen LogP) is -3.11. The van der Waals surface area contributed by atoms with Crippen molar-refractivity contribution in [3.8, 4) is 40.1 Å². The molecule has 5 rings (SSSR count). The molecule has 234 valence electrons. The van der Waals surface area contributed by atoms with Gasteiger partial charge in [0.15, 0.2) is 23.5 Å². The number of fused-ring (bicyclic) bond motifs is 1. The third-order valence-electron chi connectivity index (χ3n) is 7.02. The van der Waals surface area contributed by atoms with Crippen molar-refractivity contribution in [3.63, 3.8) is 0 Å². The minimum atomic E-state index is -2.03. The van der Waals surface area contributed by atoms with Gasteiger partial charge in [-0.2, -0.15) is 0 Å². The van der Waals surface area contributed by atoms with E-state index >= 15 is 0 Å². The van der Waals surface area contributed by atoms with E-state index in [1.165, 1.54) is 6.07 Å². The fourth-order valence-corrected chi connectivity index (χ4v) is 4.63. The molecule has 3 heterocycles. The van der Waals surface area contributed by atoms with Crippen LogP contribution >= 0.6 is 0 Å². The van der Waals surface area contributed by atoms with Gasteiger partial charge in [0, 0.05) is 17.7 Å². The topological polar surface area (TPSA) is 290 Å². The monoisotopic (exact) mass is 612 g/mol. The quantitative estimate of drug-likeness (QED) is 0.123. The van der Waals surface area contributed by atoms with Crippen LogP contribution in [-0.4, -0.2) is 124 Å². The Morgan fingerprint density at radius 3 is 2.00 bits per heavy atom. The number of phenols is 3. The van der Waals surface area contributed by atoms with Crippen molar-refractivity contribution < 1.29 is 79.5 Å². The lowest BCUT2D eigenvalue weighted by molar-refractivity contribution is -0.321. The predicted molar refractivity (Wildman–Crippen MR) is 137 cm³/mol. The molecular weight excluding hydrogens is 584 g/mol. The molecular formula is C26H28O17. The van der Waals surface area contributed by atoms with E-state index in [0.29, 0.717) is 0 Å². The highest BCUT2D eigenvalue weighted by Gasteiger charge is 2.46. The SMILES string of the molecule is O=c1c(O[C@@H]2O[C@@H](O)[C@H](O)[C@@H](O)[C@H]2O)c(-c2ccc(O)c(O)c2)oc2cc(O[C@H]3O[C@H](CO)[C@H](O)[C@@H](O)[C@H]3O)cc(O)c12. The molecule has 0 aliphatic carbocycles. The molecule has 0 unspecified atom stereocenters. The summed E-state index contributed by atoms with van der Waals surface area (Å²) < 4.78 is 27.1. The number of aliphatic hydroxyl groups is 8. The molecule has 0 spiro atoms. The molecule has 17 heteroatoms. The van der Waals surface area contributed by atoms with Gasteiger partial charge in [0.05, 0.1) is 6.61 Å². The Hall–Kier alpha value is -3.75. The lowest BCUT2D eigenvalue weighted by Gasteiger charge is -2.39. The van der Waals surface area contributed by atoms with Crippen LogP contribution in [0, 0.1) is 0 Å². The van der Waals surface area contributed by atoms with E-state index in [4.69, 9.17) is 23.4 Å². The third-order valence-corrected chi connectivity index (χ3v) is 7.02. The first-order valence-electron chi connectivity index (χ1n) is 12.7. The number of rotatable bonds is 6. The largest absolute Gasteiger partial charge is 0.507 e. The van der Waals surface area contributed by atoms with Gasteiger partial charge in [0.25, 0.3) is 0 Å². The molecule has 2 aromatic carbocycles. The average molecular weight is 612 g/mol. The Morgan fingerprint density at radius 1 is 0.698 bits per heavy atom. The van der Waals surface area contributed by atoms with Crippen LogP contribution in [-0.2, 0) is 9.47 Å². The second-order valence-corrected chi connectivity index (χ2v) is 9.91. The Balaban J connectivity index is 1.60. The van der Waals surface area contributed by atoms with Crippen LogP contribution in [0.4, 0.5) is 0 Å². The van der Waals surface area contributed by atoms with Crippen molar-refractivity contribution in [2.45, 2.75) is 61.6 Å². The Kier molecular flexibility index (Phi) is 8.38. The zero-order valence-corrected chi connectivity index (χ0v) is 21.7. The lowest BCUT2D eigenvalue weighted by Crippen LogP contribution is -2.60. The van der Waals surface area contributed by atoms with Gasteiger partial charge < -0.3 is 79.5 Å².